The van der Waals surface area contributed by atoms with Crippen molar-refractivity contribution in [3.63, 3.8) is 0 Å². The first-order chi connectivity index (χ1) is 13.2. The molecular formula is C25H46N2. The lowest BCUT2D eigenvalue weighted by Gasteiger charge is -2.18. The van der Waals surface area contributed by atoms with Crippen LogP contribution in [0, 0.1) is 11.8 Å². The van der Waals surface area contributed by atoms with Crippen LogP contribution in [0.2, 0.25) is 0 Å². The summed E-state index contributed by atoms with van der Waals surface area (Å²) in [6.45, 7) is 12.5. The van der Waals surface area contributed by atoms with Crippen molar-refractivity contribution < 1.29 is 0 Å². The highest BCUT2D eigenvalue weighted by atomic mass is 14.9. The van der Waals surface area contributed by atoms with E-state index in [4.69, 9.17) is 0 Å². The molecule has 1 aromatic rings. The van der Waals surface area contributed by atoms with Gasteiger partial charge in [-0.25, -0.2) is 0 Å². The number of hydrogen-bond donors (Lipinski definition) is 2. The van der Waals surface area contributed by atoms with Gasteiger partial charge in [-0.05, 0) is 61.8 Å². The number of hydrogen-bond acceptors (Lipinski definition) is 2. The lowest BCUT2D eigenvalue weighted by atomic mass is 9.89. The largest absolute Gasteiger partial charge is 0.385 e. The molecule has 0 saturated carbocycles. The quantitative estimate of drug-likeness (QED) is 0.277. The molecule has 1 rings (SSSR count). The molecule has 0 fully saturated rings. The maximum Gasteiger partial charge on any atom is 0.0340 e. The normalized spacial score (nSPS) is 12.5. The predicted molar refractivity (Wildman–Crippen MR) is 122 cm³/mol. The molecule has 2 N–H and O–H groups in total. The third kappa shape index (κ3) is 12.9. The average Bonchev–Trinajstić information content (AvgIpc) is 2.65. The van der Waals surface area contributed by atoms with E-state index in [1.165, 1.54) is 75.5 Å². The Kier molecular flexibility index (Phi) is 14.2. The minimum atomic E-state index is 0.826. The second kappa shape index (κ2) is 16.0. The molecule has 0 heterocycles. The van der Waals surface area contributed by atoms with Crippen LogP contribution in [0.5, 0.6) is 0 Å². The Morgan fingerprint density at radius 1 is 0.778 bits per heavy atom. The van der Waals surface area contributed by atoms with Crippen LogP contribution in [0.15, 0.2) is 24.3 Å². The molecule has 156 valence electrons. The summed E-state index contributed by atoms with van der Waals surface area (Å²) in [6, 6.07) is 8.97. The SMILES string of the molecule is CCCCCCCNCc1ccc(NCCCC(CCC)CC(C)C)cc1. The van der Waals surface area contributed by atoms with Crippen LogP contribution >= 0.6 is 0 Å². The van der Waals surface area contributed by atoms with E-state index in [0.717, 1.165) is 31.5 Å². The van der Waals surface area contributed by atoms with E-state index < -0.39 is 0 Å². The zero-order valence-electron chi connectivity index (χ0n) is 18.7. The maximum absolute atomic E-state index is 3.60. The van der Waals surface area contributed by atoms with Crippen molar-refractivity contribution in [1.29, 1.82) is 0 Å². The van der Waals surface area contributed by atoms with E-state index in [9.17, 15) is 0 Å². The van der Waals surface area contributed by atoms with Gasteiger partial charge in [0.05, 0.1) is 0 Å². The first-order valence-electron chi connectivity index (χ1n) is 11.7. The topological polar surface area (TPSA) is 24.1 Å². The van der Waals surface area contributed by atoms with E-state index in [-0.39, 0.29) is 0 Å². The van der Waals surface area contributed by atoms with Gasteiger partial charge in [0, 0.05) is 18.8 Å². The number of unbranched alkanes of at least 4 members (excludes halogenated alkanes) is 4. The van der Waals surface area contributed by atoms with Gasteiger partial charge in [0.2, 0.25) is 0 Å². The van der Waals surface area contributed by atoms with Crippen molar-refractivity contribution in [2.24, 2.45) is 11.8 Å². The molecule has 0 aliphatic rings. The van der Waals surface area contributed by atoms with Gasteiger partial charge in [-0.1, -0.05) is 78.4 Å². The average molecular weight is 375 g/mol. The fraction of sp³-hybridized carbons (Fsp3) is 0.760. The summed E-state index contributed by atoms with van der Waals surface area (Å²) < 4.78 is 0. The summed E-state index contributed by atoms with van der Waals surface area (Å²) in [4.78, 5) is 0. The lowest BCUT2D eigenvalue weighted by Crippen LogP contribution is -2.14. The maximum atomic E-state index is 3.60. The number of anilines is 1. The Balaban J connectivity index is 2.15. The van der Waals surface area contributed by atoms with E-state index in [0.29, 0.717) is 0 Å². The summed E-state index contributed by atoms with van der Waals surface area (Å²) in [7, 11) is 0. The standard InChI is InChI=1S/C25H46N2/c1-5-7-8-9-10-18-26-21-24-14-16-25(17-15-24)27-19-11-13-23(12-6-2)20-22(3)4/h14-17,22-23,26-27H,5-13,18-21H2,1-4H3. The Morgan fingerprint density at radius 2 is 1.52 bits per heavy atom. The third-order valence-electron chi connectivity index (χ3n) is 5.36. The number of nitrogens with one attached hydrogen (secondary N) is 2. The Hall–Kier alpha value is -1.02. The van der Waals surface area contributed by atoms with Crippen LogP contribution in [0.1, 0.15) is 97.5 Å². The third-order valence-corrected chi connectivity index (χ3v) is 5.36. The summed E-state index contributed by atoms with van der Waals surface area (Å²) >= 11 is 0. The fourth-order valence-electron chi connectivity index (χ4n) is 3.91. The Morgan fingerprint density at radius 3 is 2.19 bits per heavy atom. The minimum Gasteiger partial charge on any atom is -0.385 e. The summed E-state index contributed by atoms with van der Waals surface area (Å²) in [5, 5.41) is 7.17. The molecule has 2 heteroatoms. The van der Waals surface area contributed by atoms with Gasteiger partial charge >= 0.3 is 0 Å². The van der Waals surface area contributed by atoms with Crippen molar-refractivity contribution in [3.8, 4) is 0 Å². The zero-order chi connectivity index (χ0) is 19.7. The first kappa shape index (κ1) is 24.0. The molecule has 0 aliphatic carbocycles. The first-order valence-corrected chi connectivity index (χ1v) is 11.7. The second-order valence-electron chi connectivity index (χ2n) is 8.64. The van der Waals surface area contributed by atoms with Crippen molar-refractivity contribution in [1.82, 2.24) is 5.32 Å². The minimum absolute atomic E-state index is 0.826. The molecule has 0 saturated heterocycles. The van der Waals surface area contributed by atoms with Crippen LogP contribution in [-0.4, -0.2) is 13.1 Å². The van der Waals surface area contributed by atoms with E-state index in [2.05, 4.69) is 62.6 Å². The number of rotatable bonds is 17. The smallest absolute Gasteiger partial charge is 0.0340 e. The molecule has 0 aliphatic heterocycles. The van der Waals surface area contributed by atoms with Crippen molar-refractivity contribution in [2.75, 3.05) is 18.4 Å². The second-order valence-corrected chi connectivity index (χ2v) is 8.64. The molecule has 0 bridgehead atoms. The van der Waals surface area contributed by atoms with Gasteiger partial charge in [0.1, 0.15) is 0 Å². The van der Waals surface area contributed by atoms with Gasteiger partial charge in [-0.15, -0.1) is 0 Å². The van der Waals surface area contributed by atoms with Gasteiger partial charge in [0.15, 0.2) is 0 Å². The molecule has 0 aromatic heterocycles. The highest BCUT2D eigenvalue weighted by Crippen LogP contribution is 2.22. The molecular weight excluding hydrogens is 328 g/mol. The Bertz CT molecular complexity index is 438. The molecule has 1 atom stereocenters. The Labute approximate surface area is 169 Å². The van der Waals surface area contributed by atoms with Crippen molar-refractivity contribution in [3.05, 3.63) is 29.8 Å². The molecule has 1 unspecified atom stereocenters. The van der Waals surface area contributed by atoms with E-state index >= 15 is 0 Å². The van der Waals surface area contributed by atoms with Crippen LogP contribution in [0.4, 0.5) is 5.69 Å². The highest BCUT2D eigenvalue weighted by Gasteiger charge is 2.09. The summed E-state index contributed by atoms with van der Waals surface area (Å²) in [5.74, 6) is 1.74. The summed E-state index contributed by atoms with van der Waals surface area (Å²) in [5.41, 5.74) is 2.64. The van der Waals surface area contributed by atoms with Gasteiger partial charge in [0.25, 0.3) is 0 Å². The van der Waals surface area contributed by atoms with Crippen molar-refractivity contribution in [2.45, 2.75) is 98.4 Å². The lowest BCUT2D eigenvalue weighted by molar-refractivity contribution is 0.356. The monoisotopic (exact) mass is 374 g/mol. The summed E-state index contributed by atoms with van der Waals surface area (Å²) in [6.07, 6.45) is 13.5. The molecule has 27 heavy (non-hydrogen) atoms. The van der Waals surface area contributed by atoms with Crippen molar-refractivity contribution >= 4 is 5.69 Å². The highest BCUT2D eigenvalue weighted by molar-refractivity contribution is 5.44. The van der Waals surface area contributed by atoms with E-state index in [1.807, 2.05) is 0 Å². The zero-order valence-corrected chi connectivity index (χ0v) is 18.7. The van der Waals surface area contributed by atoms with Crippen LogP contribution in [0.25, 0.3) is 0 Å². The molecule has 0 amide bonds. The van der Waals surface area contributed by atoms with Crippen LogP contribution < -0.4 is 10.6 Å². The molecule has 2 nitrogen and oxygen atoms in total. The van der Waals surface area contributed by atoms with Gasteiger partial charge in [-0.2, -0.15) is 0 Å². The van der Waals surface area contributed by atoms with Crippen LogP contribution in [0.3, 0.4) is 0 Å². The molecule has 0 radical (unpaired) electrons. The predicted octanol–water partition coefficient (Wildman–Crippen LogP) is 7.40. The van der Waals surface area contributed by atoms with Crippen LogP contribution in [-0.2, 0) is 6.54 Å². The van der Waals surface area contributed by atoms with Gasteiger partial charge in [-0.3, -0.25) is 0 Å². The fourth-order valence-corrected chi connectivity index (χ4v) is 3.91. The van der Waals surface area contributed by atoms with Gasteiger partial charge < -0.3 is 10.6 Å². The molecule has 0 spiro atoms. The number of benzene rings is 1. The molecule has 1 aromatic carbocycles. The van der Waals surface area contributed by atoms with E-state index in [1.54, 1.807) is 0 Å².